The molecule has 1 N–H and O–H groups in total. The number of amides is 2. The van der Waals surface area contributed by atoms with Gasteiger partial charge in [-0.3, -0.25) is 13.9 Å². The molecule has 7 nitrogen and oxygen atoms in total. The van der Waals surface area contributed by atoms with E-state index in [0.717, 1.165) is 10.7 Å². The molecule has 0 spiro atoms. The zero-order valence-corrected chi connectivity index (χ0v) is 23.6. The molecular formula is C28H31Cl2N3O4S. The number of carbonyl (C=O) groups is 2. The highest BCUT2D eigenvalue weighted by Crippen LogP contribution is 2.27. The Labute approximate surface area is 234 Å². The molecule has 0 fully saturated rings. The van der Waals surface area contributed by atoms with Gasteiger partial charge in [0.2, 0.25) is 11.8 Å². The molecule has 0 radical (unpaired) electrons. The van der Waals surface area contributed by atoms with Crippen LogP contribution in [0.3, 0.4) is 0 Å². The van der Waals surface area contributed by atoms with Crippen molar-refractivity contribution in [1.82, 2.24) is 10.2 Å². The molecule has 0 aliphatic heterocycles. The Bertz CT molecular complexity index is 1350. The number of rotatable bonds is 12. The summed E-state index contributed by atoms with van der Waals surface area (Å²) in [6.45, 7) is 3.69. The van der Waals surface area contributed by atoms with Gasteiger partial charge in [-0.2, -0.15) is 0 Å². The Morgan fingerprint density at radius 1 is 0.921 bits per heavy atom. The van der Waals surface area contributed by atoms with Crippen molar-refractivity contribution in [3.8, 4) is 0 Å². The first-order valence-corrected chi connectivity index (χ1v) is 14.5. The summed E-state index contributed by atoms with van der Waals surface area (Å²) < 4.78 is 28.5. The lowest BCUT2D eigenvalue weighted by Crippen LogP contribution is -2.52. The second-order valence-corrected chi connectivity index (χ2v) is 11.3. The topological polar surface area (TPSA) is 86.8 Å². The highest BCUT2D eigenvalue weighted by Gasteiger charge is 2.33. The molecule has 0 heterocycles. The van der Waals surface area contributed by atoms with E-state index in [0.29, 0.717) is 28.6 Å². The molecule has 0 aliphatic rings. The lowest BCUT2D eigenvalue weighted by molar-refractivity contribution is -0.140. The van der Waals surface area contributed by atoms with E-state index in [9.17, 15) is 18.0 Å². The molecule has 202 valence electrons. The summed E-state index contributed by atoms with van der Waals surface area (Å²) in [5, 5.41) is 3.62. The van der Waals surface area contributed by atoms with E-state index in [1.54, 1.807) is 67.6 Å². The molecular weight excluding hydrogens is 545 g/mol. The van der Waals surface area contributed by atoms with Gasteiger partial charge in [0.25, 0.3) is 10.0 Å². The number of nitrogens with zero attached hydrogens (tertiary/aromatic N) is 2. The molecule has 0 aromatic heterocycles. The van der Waals surface area contributed by atoms with E-state index in [-0.39, 0.29) is 23.0 Å². The van der Waals surface area contributed by atoms with Crippen LogP contribution in [0.25, 0.3) is 0 Å². The number of nitrogens with one attached hydrogen (secondary N) is 1. The minimum absolute atomic E-state index is 0.0261. The molecule has 10 heteroatoms. The summed E-state index contributed by atoms with van der Waals surface area (Å²) in [5.41, 5.74) is 0.875. The fraction of sp³-hybridized carbons (Fsp3) is 0.286. The molecule has 3 rings (SSSR count). The number of carbonyl (C=O) groups excluding carboxylic acids is 2. The number of hydrogen-bond donors (Lipinski definition) is 1. The van der Waals surface area contributed by atoms with Crippen LogP contribution >= 0.6 is 23.2 Å². The molecule has 3 aromatic rings. The first-order chi connectivity index (χ1) is 18.2. The van der Waals surface area contributed by atoms with Crippen LogP contribution in [-0.2, 0) is 26.2 Å². The van der Waals surface area contributed by atoms with E-state index < -0.39 is 28.5 Å². The second-order valence-electron chi connectivity index (χ2n) is 8.63. The van der Waals surface area contributed by atoms with Gasteiger partial charge in [0.05, 0.1) is 10.6 Å². The number of anilines is 1. The first kappa shape index (κ1) is 29.5. The average Bonchev–Trinajstić information content (AvgIpc) is 2.91. The van der Waals surface area contributed by atoms with Gasteiger partial charge >= 0.3 is 0 Å². The molecule has 3 aromatic carbocycles. The Balaban J connectivity index is 2.05. The van der Waals surface area contributed by atoms with Crippen LogP contribution in [0.15, 0.2) is 83.8 Å². The molecule has 2 amide bonds. The Morgan fingerprint density at radius 3 is 2.24 bits per heavy atom. The predicted octanol–water partition coefficient (Wildman–Crippen LogP) is 5.52. The quantitative estimate of drug-likeness (QED) is 0.308. The summed E-state index contributed by atoms with van der Waals surface area (Å²) in [6, 6.07) is 20.4. The molecule has 38 heavy (non-hydrogen) atoms. The maximum Gasteiger partial charge on any atom is 0.264 e. The van der Waals surface area contributed by atoms with Gasteiger partial charge in [-0.25, -0.2) is 8.42 Å². The molecule has 0 aliphatic carbocycles. The van der Waals surface area contributed by atoms with Crippen molar-refractivity contribution in [3.63, 3.8) is 0 Å². The van der Waals surface area contributed by atoms with Crippen molar-refractivity contribution in [2.75, 3.05) is 17.4 Å². The Kier molecular flexibility index (Phi) is 10.6. The third-order valence-electron chi connectivity index (χ3n) is 5.94. The first-order valence-electron chi connectivity index (χ1n) is 12.3. The van der Waals surface area contributed by atoms with E-state index in [4.69, 9.17) is 23.2 Å². The lowest BCUT2D eigenvalue weighted by atomic mass is 10.1. The second kappa shape index (κ2) is 13.6. The Hall–Kier alpha value is -3.07. The standard InChI is InChI=1S/C28H31Cl2N3O4S/c1-3-17-31-28(35)26(4-2)32(19-21-11-8-9-16-25(21)30)27(34)20-33(23-13-10-12-22(29)18-23)38(36,37)24-14-6-5-7-15-24/h5-16,18,26H,3-4,17,19-20H2,1-2H3,(H,31,35). The molecule has 0 saturated carbocycles. The Morgan fingerprint density at radius 2 is 1.61 bits per heavy atom. The van der Waals surface area contributed by atoms with Gasteiger partial charge < -0.3 is 10.2 Å². The fourth-order valence-corrected chi connectivity index (χ4v) is 5.78. The van der Waals surface area contributed by atoms with Crippen LogP contribution < -0.4 is 9.62 Å². The van der Waals surface area contributed by atoms with E-state index >= 15 is 0 Å². The summed E-state index contributed by atoms with van der Waals surface area (Å²) in [7, 11) is -4.15. The highest BCUT2D eigenvalue weighted by molar-refractivity contribution is 7.92. The average molecular weight is 577 g/mol. The zero-order chi connectivity index (χ0) is 27.7. The smallest absolute Gasteiger partial charge is 0.264 e. The largest absolute Gasteiger partial charge is 0.354 e. The fourth-order valence-electron chi connectivity index (χ4n) is 3.98. The van der Waals surface area contributed by atoms with E-state index in [2.05, 4.69) is 5.32 Å². The van der Waals surface area contributed by atoms with Gasteiger partial charge in [-0.15, -0.1) is 0 Å². The maximum absolute atomic E-state index is 13.9. The van der Waals surface area contributed by atoms with Crippen molar-refractivity contribution >= 4 is 50.7 Å². The van der Waals surface area contributed by atoms with E-state index in [1.165, 1.54) is 23.1 Å². The van der Waals surface area contributed by atoms with Crippen molar-refractivity contribution < 1.29 is 18.0 Å². The minimum atomic E-state index is -4.15. The third-order valence-corrected chi connectivity index (χ3v) is 8.33. The van der Waals surface area contributed by atoms with Crippen molar-refractivity contribution in [3.05, 3.63) is 94.5 Å². The van der Waals surface area contributed by atoms with Gasteiger partial charge in [-0.05, 0) is 54.8 Å². The monoisotopic (exact) mass is 575 g/mol. The number of benzene rings is 3. The van der Waals surface area contributed by atoms with Gasteiger partial charge in [0, 0.05) is 23.1 Å². The summed E-state index contributed by atoms with van der Waals surface area (Å²) in [4.78, 5) is 28.5. The number of hydrogen-bond acceptors (Lipinski definition) is 4. The molecule has 1 unspecified atom stereocenters. The molecule has 1 atom stereocenters. The van der Waals surface area contributed by atoms with Crippen LogP contribution in [0.4, 0.5) is 5.69 Å². The van der Waals surface area contributed by atoms with Gasteiger partial charge in [0.15, 0.2) is 0 Å². The van der Waals surface area contributed by atoms with Gasteiger partial charge in [-0.1, -0.05) is 79.5 Å². The number of halogens is 2. The summed E-state index contributed by atoms with van der Waals surface area (Å²) in [5.74, 6) is -0.863. The van der Waals surface area contributed by atoms with Crippen LogP contribution in [0.2, 0.25) is 10.0 Å². The van der Waals surface area contributed by atoms with Crippen LogP contribution in [0.1, 0.15) is 32.3 Å². The third kappa shape index (κ3) is 7.28. The molecule has 0 bridgehead atoms. The van der Waals surface area contributed by atoms with Crippen molar-refractivity contribution in [2.45, 2.75) is 44.2 Å². The van der Waals surface area contributed by atoms with Crippen LogP contribution in [-0.4, -0.2) is 44.3 Å². The SMILES string of the molecule is CCCNC(=O)C(CC)N(Cc1ccccc1Cl)C(=O)CN(c1cccc(Cl)c1)S(=O)(=O)c1ccccc1. The maximum atomic E-state index is 13.9. The van der Waals surface area contributed by atoms with Gasteiger partial charge in [0.1, 0.15) is 12.6 Å². The minimum Gasteiger partial charge on any atom is -0.354 e. The van der Waals surface area contributed by atoms with Crippen molar-refractivity contribution in [1.29, 1.82) is 0 Å². The predicted molar refractivity (Wildman–Crippen MR) is 152 cm³/mol. The normalized spacial score (nSPS) is 12.0. The summed E-state index contributed by atoms with van der Waals surface area (Å²) in [6.07, 6.45) is 1.06. The highest BCUT2D eigenvalue weighted by atomic mass is 35.5. The number of sulfonamides is 1. The molecule has 0 saturated heterocycles. The zero-order valence-electron chi connectivity index (χ0n) is 21.3. The van der Waals surface area contributed by atoms with E-state index in [1.807, 2.05) is 6.92 Å². The van der Waals surface area contributed by atoms with Crippen LogP contribution in [0, 0.1) is 0 Å². The van der Waals surface area contributed by atoms with Crippen molar-refractivity contribution in [2.24, 2.45) is 0 Å². The summed E-state index contributed by atoms with van der Waals surface area (Å²) >= 11 is 12.6. The lowest BCUT2D eigenvalue weighted by Gasteiger charge is -2.33. The van der Waals surface area contributed by atoms with Crippen LogP contribution in [0.5, 0.6) is 0 Å².